The molecule has 1 aromatic heterocycles. The zero-order chi connectivity index (χ0) is 23.1. The van der Waals surface area contributed by atoms with E-state index in [2.05, 4.69) is 4.98 Å². The number of ether oxygens (including phenoxy) is 2. The second kappa shape index (κ2) is 8.09. The largest absolute Gasteiger partial charge is 0.507 e. The average Bonchev–Trinajstić information content (AvgIpc) is 3.34. The Morgan fingerprint density at radius 3 is 2.61 bits per heavy atom. The van der Waals surface area contributed by atoms with E-state index in [-0.39, 0.29) is 17.4 Å². The van der Waals surface area contributed by atoms with Crippen molar-refractivity contribution in [2.75, 3.05) is 12.0 Å². The van der Waals surface area contributed by atoms with Gasteiger partial charge in [0.1, 0.15) is 29.4 Å². The molecule has 2 atom stereocenters. The SMILES string of the molecule is COc1ccc(N2C(=O)C(=O)/C(=C(\O)c3ccc4c(c3)CC(C)O4)C2c2ccccn2)cc1. The lowest BCUT2D eigenvalue weighted by atomic mass is 9.96. The van der Waals surface area contributed by atoms with Gasteiger partial charge in [-0.15, -0.1) is 0 Å². The molecular weight excluding hydrogens is 420 g/mol. The van der Waals surface area contributed by atoms with Gasteiger partial charge < -0.3 is 14.6 Å². The van der Waals surface area contributed by atoms with Gasteiger partial charge in [-0.25, -0.2) is 0 Å². The van der Waals surface area contributed by atoms with Crippen LogP contribution < -0.4 is 14.4 Å². The number of fused-ring (bicyclic) bond motifs is 1. The molecule has 2 aromatic carbocycles. The van der Waals surface area contributed by atoms with E-state index in [4.69, 9.17) is 9.47 Å². The zero-order valence-corrected chi connectivity index (χ0v) is 18.2. The number of methoxy groups -OCH3 is 1. The molecule has 1 fully saturated rings. The number of Topliss-reactive ketones (excluding diaryl/α,β-unsaturated/α-hetero) is 1. The number of carbonyl (C=O) groups is 2. The maximum Gasteiger partial charge on any atom is 0.300 e. The summed E-state index contributed by atoms with van der Waals surface area (Å²) in [6, 6.07) is 16.5. The Morgan fingerprint density at radius 2 is 1.91 bits per heavy atom. The predicted octanol–water partition coefficient (Wildman–Crippen LogP) is 4.04. The molecule has 1 amide bonds. The van der Waals surface area contributed by atoms with Gasteiger partial charge in [-0.1, -0.05) is 6.07 Å². The molecule has 0 radical (unpaired) electrons. The van der Waals surface area contributed by atoms with Crippen LogP contribution in [0.3, 0.4) is 0 Å². The van der Waals surface area contributed by atoms with E-state index in [1.807, 2.05) is 13.0 Å². The van der Waals surface area contributed by atoms with E-state index in [1.165, 1.54) is 4.90 Å². The minimum atomic E-state index is -0.872. The first-order valence-electron chi connectivity index (χ1n) is 10.6. The number of aliphatic hydroxyl groups is 1. The maximum absolute atomic E-state index is 13.2. The van der Waals surface area contributed by atoms with Crippen molar-refractivity contribution >= 4 is 23.1 Å². The first kappa shape index (κ1) is 20.8. The molecule has 3 heterocycles. The summed E-state index contributed by atoms with van der Waals surface area (Å²) in [6.45, 7) is 1.97. The number of nitrogens with zero attached hydrogens (tertiary/aromatic N) is 2. The topological polar surface area (TPSA) is 89.0 Å². The number of ketones is 1. The van der Waals surface area contributed by atoms with Crippen LogP contribution in [-0.2, 0) is 16.0 Å². The number of aliphatic hydroxyl groups excluding tert-OH is 1. The number of anilines is 1. The summed E-state index contributed by atoms with van der Waals surface area (Å²) < 4.78 is 11.0. The molecule has 2 aliphatic heterocycles. The molecule has 2 unspecified atom stereocenters. The molecule has 0 spiro atoms. The predicted molar refractivity (Wildman–Crippen MR) is 122 cm³/mol. The number of aromatic nitrogens is 1. The Bertz CT molecular complexity index is 1270. The Morgan fingerprint density at radius 1 is 1.12 bits per heavy atom. The fourth-order valence-corrected chi connectivity index (χ4v) is 4.38. The molecular formula is C26H22N2O5. The molecule has 1 saturated heterocycles. The van der Waals surface area contributed by atoms with E-state index >= 15 is 0 Å². The highest BCUT2D eigenvalue weighted by Crippen LogP contribution is 2.42. The van der Waals surface area contributed by atoms with Gasteiger partial charge in [-0.3, -0.25) is 19.5 Å². The number of pyridine rings is 1. The lowest BCUT2D eigenvalue weighted by Crippen LogP contribution is -2.29. The number of hydrogen-bond acceptors (Lipinski definition) is 6. The second-order valence-electron chi connectivity index (χ2n) is 8.08. The van der Waals surface area contributed by atoms with Crippen LogP contribution >= 0.6 is 0 Å². The highest BCUT2D eigenvalue weighted by molar-refractivity contribution is 6.51. The van der Waals surface area contributed by atoms with Crippen molar-refractivity contribution in [2.24, 2.45) is 0 Å². The number of amides is 1. The lowest BCUT2D eigenvalue weighted by molar-refractivity contribution is -0.132. The van der Waals surface area contributed by atoms with Crippen molar-refractivity contribution in [3.63, 3.8) is 0 Å². The highest BCUT2D eigenvalue weighted by Gasteiger charge is 2.47. The third kappa shape index (κ3) is 3.51. The molecule has 3 aromatic rings. The first-order valence-corrected chi connectivity index (χ1v) is 10.6. The summed E-state index contributed by atoms with van der Waals surface area (Å²) in [5.74, 6) is -0.333. The van der Waals surface area contributed by atoms with Crippen molar-refractivity contribution in [3.8, 4) is 11.5 Å². The van der Waals surface area contributed by atoms with Gasteiger partial charge in [-0.05, 0) is 67.1 Å². The van der Waals surface area contributed by atoms with Gasteiger partial charge in [0.15, 0.2) is 0 Å². The second-order valence-corrected chi connectivity index (χ2v) is 8.08. The van der Waals surface area contributed by atoms with E-state index < -0.39 is 17.7 Å². The molecule has 0 aliphatic carbocycles. The summed E-state index contributed by atoms with van der Waals surface area (Å²) >= 11 is 0. The maximum atomic E-state index is 13.2. The summed E-state index contributed by atoms with van der Waals surface area (Å²) in [6.07, 6.45) is 2.35. The number of benzene rings is 2. The number of carbonyl (C=O) groups excluding carboxylic acids is 2. The van der Waals surface area contributed by atoms with Crippen LogP contribution in [0.15, 0.2) is 72.4 Å². The monoisotopic (exact) mass is 442 g/mol. The van der Waals surface area contributed by atoms with Gasteiger partial charge in [0, 0.05) is 23.9 Å². The van der Waals surface area contributed by atoms with Crippen molar-refractivity contribution < 1.29 is 24.2 Å². The summed E-state index contributed by atoms with van der Waals surface area (Å²) in [7, 11) is 1.55. The highest BCUT2D eigenvalue weighted by atomic mass is 16.5. The van der Waals surface area contributed by atoms with Crippen LogP contribution in [0.4, 0.5) is 5.69 Å². The Hall–Kier alpha value is -4.13. The smallest absolute Gasteiger partial charge is 0.300 e. The van der Waals surface area contributed by atoms with E-state index in [0.717, 1.165) is 11.3 Å². The van der Waals surface area contributed by atoms with Gasteiger partial charge >= 0.3 is 0 Å². The fourth-order valence-electron chi connectivity index (χ4n) is 4.38. The third-order valence-corrected chi connectivity index (χ3v) is 5.93. The molecule has 33 heavy (non-hydrogen) atoms. The fraction of sp³-hybridized carbons (Fsp3) is 0.192. The molecule has 2 aliphatic rings. The van der Waals surface area contributed by atoms with Crippen molar-refractivity contribution in [3.05, 3.63) is 89.3 Å². The van der Waals surface area contributed by atoms with E-state index in [0.29, 0.717) is 29.1 Å². The van der Waals surface area contributed by atoms with Crippen molar-refractivity contribution in [1.29, 1.82) is 0 Å². The lowest BCUT2D eigenvalue weighted by Gasteiger charge is -2.24. The summed E-state index contributed by atoms with van der Waals surface area (Å²) in [5, 5.41) is 11.3. The third-order valence-electron chi connectivity index (χ3n) is 5.93. The minimum absolute atomic E-state index is 0.00133. The normalized spacial score (nSPS) is 21.1. The standard InChI is InChI=1S/C26H22N2O5/c1-15-13-17-14-16(6-11-21(17)33-15)24(29)22-23(20-5-3-4-12-27-20)28(26(31)25(22)30)18-7-9-19(32-2)10-8-18/h3-12,14-15,23,29H,13H2,1-2H3/b24-22-. The molecule has 166 valence electrons. The van der Waals surface area contributed by atoms with Crippen LogP contribution in [0.1, 0.15) is 29.8 Å². The van der Waals surface area contributed by atoms with Gasteiger partial charge in [0.2, 0.25) is 0 Å². The molecule has 0 bridgehead atoms. The average molecular weight is 442 g/mol. The van der Waals surface area contributed by atoms with Crippen LogP contribution in [0, 0.1) is 0 Å². The number of hydrogen-bond donors (Lipinski definition) is 1. The Labute approximate surface area is 190 Å². The molecule has 1 N–H and O–H groups in total. The van der Waals surface area contributed by atoms with Gasteiger partial charge in [0.25, 0.3) is 11.7 Å². The van der Waals surface area contributed by atoms with Gasteiger partial charge in [0.05, 0.1) is 18.4 Å². The molecule has 0 saturated carbocycles. The van der Waals surface area contributed by atoms with Crippen molar-refractivity contribution in [1.82, 2.24) is 4.98 Å². The van der Waals surface area contributed by atoms with Crippen molar-refractivity contribution in [2.45, 2.75) is 25.5 Å². The van der Waals surface area contributed by atoms with Crippen LogP contribution in [0.5, 0.6) is 11.5 Å². The Balaban J connectivity index is 1.66. The van der Waals surface area contributed by atoms with E-state index in [1.54, 1.807) is 67.9 Å². The molecule has 7 heteroatoms. The number of rotatable bonds is 4. The molecule has 5 rings (SSSR count). The quantitative estimate of drug-likeness (QED) is 0.373. The van der Waals surface area contributed by atoms with Crippen LogP contribution in [0.25, 0.3) is 5.76 Å². The minimum Gasteiger partial charge on any atom is -0.507 e. The van der Waals surface area contributed by atoms with Crippen LogP contribution in [0.2, 0.25) is 0 Å². The zero-order valence-electron chi connectivity index (χ0n) is 18.2. The van der Waals surface area contributed by atoms with Gasteiger partial charge in [-0.2, -0.15) is 0 Å². The first-order chi connectivity index (χ1) is 16.0. The Kier molecular flexibility index (Phi) is 5.09. The summed E-state index contributed by atoms with van der Waals surface area (Å²) in [4.78, 5) is 32.1. The van der Waals surface area contributed by atoms with E-state index in [9.17, 15) is 14.7 Å². The molecule has 7 nitrogen and oxygen atoms in total. The summed E-state index contributed by atoms with van der Waals surface area (Å²) in [5.41, 5.74) is 2.39. The van der Waals surface area contributed by atoms with Crippen LogP contribution in [-0.4, -0.2) is 35.0 Å².